The molecule has 0 aromatic heterocycles. The quantitative estimate of drug-likeness (QED) is 0.692. The van der Waals surface area contributed by atoms with Crippen LogP contribution in [0.4, 0.5) is 0 Å². The molecule has 0 N–H and O–H groups in total. The second-order valence-electron chi connectivity index (χ2n) is 2.36. The summed E-state index contributed by atoms with van der Waals surface area (Å²) in [4.78, 5) is 10.9. The molecule has 0 aliphatic rings. The van der Waals surface area contributed by atoms with Crippen LogP contribution >= 0.6 is 24.0 Å². The molecule has 0 saturated carbocycles. The number of hydrogen-bond donors (Lipinski definition) is 0. The molecule has 0 bridgehead atoms. The maximum Gasteiger partial charge on any atom is 0.252 e. The van der Waals surface area contributed by atoms with Gasteiger partial charge >= 0.3 is 0 Å². The third-order valence-electron chi connectivity index (χ3n) is 1.52. The molecule has 1 aromatic rings. The van der Waals surface area contributed by atoms with E-state index in [-0.39, 0.29) is 12.4 Å². The van der Waals surface area contributed by atoms with Crippen molar-refractivity contribution < 1.29 is 4.79 Å². The molecule has 0 aliphatic carbocycles. The Hall–Kier alpha value is -0.790. The fourth-order valence-electron chi connectivity index (χ4n) is 1.00. The van der Waals surface area contributed by atoms with E-state index in [2.05, 4.69) is 0 Å². The van der Waals surface area contributed by atoms with Crippen LogP contribution in [0.3, 0.4) is 0 Å². The summed E-state index contributed by atoms with van der Waals surface area (Å²) in [6.07, 6.45) is 3.73. The average molecular weight is 217 g/mol. The number of hydrogen-bond acceptors (Lipinski definition) is 1. The molecule has 0 spiro atoms. The van der Waals surface area contributed by atoms with Crippen LogP contribution in [0.1, 0.15) is 22.8 Å². The van der Waals surface area contributed by atoms with Crippen molar-refractivity contribution in [1.82, 2.24) is 0 Å². The van der Waals surface area contributed by atoms with E-state index < -0.39 is 5.24 Å². The van der Waals surface area contributed by atoms with Crippen molar-refractivity contribution in [1.29, 1.82) is 0 Å². The van der Waals surface area contributed by atoms with E-state index in [1.807, 2.05) is 31.2 Å². The molecule has 0 radical (unpaired) electrons. The van der Waals surface area contributed by atoms with Gasteiger partial charge in [-0.25, -0.2) is 0 Å². The Labute approximate surface area is 88.8 Å². The minimum atomic E-state index is -0.413. The highest BCUT2D eigenvalue weighted by molar-refractivity contribution is 6.68. The molecular weight excluding hydrogens is 207 g/mol. The van der Waals surface area contributed by atoms with Crippen molar-refractivity contribution in [3.63, 3.8) is 0 Å². The van der Waals surface area contributed by atoms with E-state index in [0.717, 1.165) is 5.56 Å². The number of rotatable bonds is 2. The molecule has 1 rings (SSSR count). The summed E-state index contributed by atoms with van der Waals surface area (Å²) in [5.41, 5.74) is 1.41. The monoisotopic (exact) mass is 216 g/mol. The number of benzene rings is 1. The Morgan fingerprint density at radius 2 is 2.00 bits per heavy atom. The third kappa shape index (κ3) is 3.21. The largest absolute Gasteiger partial charge is 0.276 e. The van der Waals surface area contributed by atoms with Crippen molar-refractivity contribution >= 4 is 35.3 Å². The molecule has 1 aromatic carbocycles. The zero-order valence-electron chi connectivity index (χ0n) is 7.16. The predicted octanol–water partition coefficient (Wildman–Crippen LogP) is 3.52. The Kier molecular flexibility index (Phi) is 5.44. The minimum Gasteiger partial charge on any atom is -0.276 e. The lowest BCUT2D eigenvalue weighted by Crippen LogP contribution is -1.91. The van der Waals surface area contributed by atoms with Gasteiger partial charge in [-0.05, 0) is 30.2 Å². The first-order chi connectivity index (χ1) is 5.75. The number of allylic oxidation sites excluding steroid dienone is 1. The summed E-state index contributed by atoms with van der Waals surface area (Å²) in [7, 11) is 0. The standard InChI is InChI=1S/C10H9ClO.ClH/c1-2-5-8-6-3-4-7-9(8)10(11)12;/h2-7H,1H3;1H/b5-2+;. The highest BCUT2D eigenvalue weighted by atomic mass is 35.5. The van der Waals surface area contributed by atoms with Gasteiger partial charge < -0.3 is 0 Å². The van der Waals surface area contributed by atoms with Crippen LogP contribution < -0.4 is 0 Å². The lowest BCUT2D eigenvalue weighted by molar-refractivity contribution is 0.108. The van der Waals surface area contributed by atoms with Gasteiger partial charge in [-0.3, -0.25) is 4.79 Å². The van der Waals surface area contributed by atoms with Gasteiger partial charge in [0.15, 0.2) is 0 Å². The summed E-state index contributed by atoms with van der Waals surface area (Å²) in [6, 6.07) is 7.24. The van der Waals surface area contributed by atoms with Crippen LogP contribution in [0.5, 0.6) is 0 Å². The molecule has 0 atom stereocenters. The maximum absolute atomic E-state index is 10.9. The fourth-order valence-corrected chi connectivity index (χ4v) is 1.17. The van der Waals surface area contributed by atoms with Gasteiger partial charge in [-0.2, -0.15) is 0 Å². The molecule has 0 heterocycles. The Bertz CT molecular complexity index is 318. The molecular formula is C10H10Cl2O. The summed E-state index contributed by atoms with van der Waals surface area (Å²) in [5, 5.41) is -0.413. The number of carbonyl (C=O) groups excluding carboxylic acids is 1. The van der Waals surface area contributed by atoms with E-state index in [1.54, 1.807) is 12.1 Å². The van der Waals surface area contributed by atoms with Crippen molar-refractivity contribution in [3.8, 4) is 0 Å². The number of halogens is 2. The second-order valence-corrected chi connectivity index (χ2v) is 2.70. The first kappa shape index (κ1) is 12.2. The zero-order valence-corrected chi connectivity index (χ0v) is 8.73. The molecule has 1 nitrogen and oxygen atoms in total. The van der Waals surface area contributed by atoms with E-state index in [1.165, 1.54) is 0 Å². The fraction of sp³-hybridized carbons (Fsp3) is 0.100. The summed E-state index contributed by atoms with van der Waals surface area (Å²) < 4.78 is 0. The highest BCUT2D eigenvalue weighted by Gasteiger charge is 2.04. The van der Waals surface area contributed by atoms with Crippen LogP contribution in [-0.4, -0.2) is 5.24 Å². The van der Waals surface area contributed by atoms with Crippen LogP contribution in [-0.2, 0) is 0 Å². The lowest BCUT2D eigenvalue weighted by atomic mass is 10.1. The SMILES string of the molecule is C/C=C/c1ccccc1C(=O)Cl.Cl. The molecule has 0 fully saturated rings. The molecule has 3 heteroatoms. The minimum absolute atomic E-state index is 0. The van der Waals surface area contributed by atoms with Gasteiger partial charge in [0.1, 0.15) is 0 Å². The van der Waals surface area contributed by atoms with Crippen molar-refractivity contribution in [2.24, 2.45) is 0 Å². The molecule has 70 valence electrons. The van der Waals surface area contributed by atoms with Gasteiger partial charge in [-0.1, -0.05) is 30.4 Å². The van der Waals surface area contributed by atoms with Gasteiger partial charge in [0.2, 0.25) is 0 Å². The van der Waals surface area contributed by atoms with E-state index in [0.29, 0.717) is 5.56 Å². The zero-order chi connectivity index (χ0) is 8.97. The van der Waals surface area contributed by atoms with Crippen LogP contribution in [0, 0.1) is 0 Å². The summed E-state index contributed by atoms with van der Waals surface area (Å²) in [5.74, 6) is 0. The Morgan fingerprint density at radius 1 is 1.38 bits per heavy atom. The molecule has 0 amide bonds. The van der Waals surface area contributed by atoms with Gasteiger partial charge in [0.25, 0.3) is 5.24 Å². The summed E-state index contributed by atoms with van der Waals surface area (Å²) >= 11 is 5.37. The molecule has 0 unspecified atom stereocenters. The molecule has 0 saturated heterocycles. The van der Waals surface area contributed by atoms with Crippen LogP contribution in [0.25, 0.3) is 6.08 Å². The summed E-state index contributed by atoms with van der Waals surface area (Å²) in [6.45, 7) is 1.90. The maximum atomic E-state index is 10.9. The molecule has 0 aliphatic heterocycles. The van der Waals surface area contributed by atoms with Crippen molar-refractivity contribution in [3.05, 3.63) is 41.5 Å². The van der Waals surface area contributed by atoms with Crippen molar-refractivity contribution in [2.75, 3.05) is 0 Å². The van der Waals surface area contributed by atoms with Gasteiger partial charge in [0.05, 0.1) is 0 Å². The Balaban J connectivity index is 0.00000144. The van der Waals surface area contributed by atoms with E-state index in [4.69, 9.17) is 11.6 Å². The average Bonchev–Trinajstić information content (AvgIpc) is 2.05. The third-order valence-corrected chi connectivity index (χ3v) is 1.72. The van der Waals surface area contributed by atoms with E-state index in [9.17, 15) is 4.79 Å². The smallest absolute Gasteiger partial charge is 0.252 e. The first-order valence-corrected chi connectivity index (χ1v) is 4.05. The molecule has 13 heavy (non-hydrogen) atoms. The first-order valence-electron chi connectivity index (χ1n) is 3.67. The highest BCUT2D eigenvalue weighted by Crippen LogP contribution is 2.12. The second kappa shape index (κ2) is 5.79. The van der Waals surface area contributed by atoms with E-state index >= 15 is 0 Å². The predicted molar refractivity (Wildman–Crippen MR) is 58.6 cm³/mol. The van der Waals surface area contributed by atoms with Gasteiger partial charge in [0, 0.05) is 5.56 Å². The van der Waals surface area contributed by atoms with Gasteiger partial charge in [-0.15, -0.1) is 12.4 Å². The van der Waals surface area contributed by atoms with Crippen LogP contribution in [0.2, 0.25) is 0 Å². The Morgan fingerprint density at radius 3 is 2.54 bits per heavy atom. The van der Waals surface area contributed by atoms with Crippen LogP contribution in [0.15, 0.2) is 30.3 Å². The normalized spacial score (nSPS) is 9.69. The topological polar surface area (TPSA) is 17.1 Å². The number of carbonyl (C=O) groups is 1. The lowest BCUT2D eigenvalue weighted by Gasteiger charge is -1.98. The van der Waals surface area contributed by atoms with Crippen molar-refractivity contribution in [2.45, 2.75) is 6.92 Å².